The molecule has 0 saturated heterocycles. The second-order valence-corrected chi connectivity index (χ2v) is 7.26. The molecule has 1 aliphatic rings. The summed E-state index contributed by atoms with van der Waals surface area (Å²) in [7, 11) is 0. The van der Waals surface area contributed by atoms with Gasteiger partial charge in [0.2, 0.25) is 12.4 Å². The molecule has 14 nitrogen and oxygen atoms in total. The lowest BCUT2D eigenvalue weighted by atomic mass is 9.97. The third-order valence-electron chi connectivity index (χ3n) is 4.34. The fourth-order valence-corrected chi connectivity index (χ4v) is 3.04. The molecule has 0 N–H and O–H groups in total. The molecule has 2 rings (SSSR count). The molecule has 0 radical (unpaired) electrons. The monoisotopic (exact) mass is 524 g/mol. The molecule has 198 valence electrons. The molecule has 0 spiro atoms. The van der Waals surface area contributed by atoms with Crippen molar-refractivity contribution in [1.82, 2.24) is 0 Å². The van der Waals surface area contributed by atoms with Gasteiger partial charge in [0.15, 0.2) is 6.10 Å². The van der Waals surface area contributed by atoms with E-state index in [2.05, 4.69) is 19.1 Å². The Bertz CT molecular complexity index is 1040. The standard InChI is InChI=1S/C19H19F3N2O12/c1-9-4-10(2)15-12(5-9)6-14(16(36-15)19(20,21)22)17(25)33-11(3)34-18(26)35-13(7-31-23(27)28)8-32-24(29)30/h4-6,11,13,16H,7-8H2,1-3H3. The topological polar surface area (TPSA) is 176 Å². The molecule has 1 aliphatic heterocycles. The quantitative estimate of drug-likeness (QED) is 0.190. The molecule has 1 aromatic rings. The van der Waals surface area contributed by atoms with E-state index in [4.69, 9.17) is 9.47 Å². The maximum atomic E-state index is 13.6. The molecule has 0 saturated carbocycles. The Balaban J connectivity index is 2.11. The SMILES string of the molecule is Cc1cc(C)c2c(c1)C=C(C(=O)OC(C)OC(=O)OC(CO[N+](=O)[O-])CO[N+](=O)[O-])C(C(F)(F)F)O2. The van der Waals surface area contributed by atoms with Crippen LogP contribution in [0.15, 0.2) is 17.7 Å². The number of halogens is 3. The molecule has 36 heavy (non-hydrogen) atoms. The Hall–Kier alpha value is -4.31. The number of hydrogen-bond acceptors (Lipinski definition) is 12. The van der Waals surface area contributed by atoms with Crippen LogP contribution < -0.4 is 4.74 Å². The minimum atomic E-state index is -5.00. The zero-order chi connectivity index (χ0) is 27.2. The van der Waals surface area contributed by atoms with E-state index in [0.29, 0.717) is 11.1 Å². The van der Waals surface area contributed by atoms with Crippen LogP contribution in [-0.2, 0) is 28.7 Å². The molecule has 0 amide bonds. The van der Waals surface area contributed by atoms with E-state index in [1.165, 1.54) is 6.07 Å². The van der Waals surface area contributed by atoms with Crippen molar-refractivity contribution < 1.29 is 61.6 Å². The van der Waals surface area contributed by atoms with E-state index in [1.807, 2.05) is 0 Å². The van der Waals surface area contributed by atoms with Gasteiger partial charge >= 0.3 is 18.3 Å². The molecule has 1 heterocycles. The van der Waals surface area contributed by atoms with Crippen molar-refractivity contribution in [1.29, 1.82) is 0 Å². The first-order chi connectivity index (χ1) is 16.7. The molecule has 0 bridgehead atoms. The van der Waals surface area contributed by atoms with Crippen molar-refractivity contribution in [3.63, 3.8) is 0 Å². The van der Waals surface area contributed by atoms with Crippen LogP contribution in [0.3, 0.4) is 0 Å². The third kappa shape index (κ3) is 7.88. The van der Waals surface area contributed by atoms with Gasteiger partial charge in [0.1, 0.15) is 19.0 Å². The highest BCUT2D eigenvalue weighted by molar-refractivity contribution is 5.96. The van der Waals surface area contributed by atoms with Crippen LogP contribution in [0.2, 0.25) is 0 Å². The van der Waals surface area contributed by atoms with Crippen LogP contribution in [0.5, 0.6) is 5.75 Å². The number of ether oxygens (including phenoxy) is 4. The van der Waals surface area contributed by atoms with Gasteiger partial charge in [-0.1, -0.05) is 11.6 Å². The van der Waals surface area contributed by atoms with Crippen LogP contribution in [-0.4, -0.2) is 60.2 Å². The molecule has 2 atom stereocenters. The molecule has 2 unspecified atom stereocenters. The second-order valence-electron chi connectivity index (χ2n) is 7.26. The number of benzene rings is 1. The Morgan fingerprint density at radius 2 is 1.64 bits per heavy atom. The third-order valence-corrected chi connectivity index (χ3v) is 4.34. The normalized spacial score (nSPS) is 15.5. The summed E-state index contributed by atoms with van der Waals surface area (Å²) < 4.78 is 59.8. The number of hydrogen-bond donors (Lipinski definition) is 0. The first-order valence-electron chi connectivity index (χ1n) is 9.86. The van der Waals surface area contributed by atoms with Crippen molar-refractivity contribution in [2.75, 3.05) is 13.2 Å². The zero-order valence-electron chi connectivity index (χ0n) is 18.8. The van der Waals surface area contributed by atoms with E-state index in [1.54, 1.807) is 19.9 Å². The van der Waals surface area contributed by atoms with Gasteiger partial charge in [-0.15, -0.1) is 20.2 Å². The van der Waals surface area contributed by atoms with Gasteiger partial charge in [0.25, 0.3) is 10.2 Å². The lowest BCUT2D eigenvalue weighted by molar-refractivity contribution is -0.768. The van der Waals surface area contributed by atoms with Crippen molar-refractivity contribution in [2.24, 2.45) is 0 Å². The van der Waals surface area contributed by atoms with Crippen LogP contribution in [0.1, 0.15) is 23.6 Å². The molecular weight excluding hydrogens is 505 g/mol. The Kier molecular flexibility index (Phi) is 8.85. The Morgan fingerprint density at radius 3 is 2.17 bits per heavy atom. The summed E-state index contributed by atoms with van der Waals surface area (Å²) in [5.41, 5.74) is 0.396. The molecule has 0 aliphatic carbocycles. The van der Waals surface area contributed by atoms with Gasteiger partial charge in [-0.3, -0.25) is 0 Å². The smallest absolute Gasteiger partial charge is 0.475 e. The van der Waals surface area contributed by atoms with Crippen molar-refractivity contribution in [3.8, 4) is 5.75 Å². The van der Waals surface area contributed by atoms with Gasteiger partial charge in [-0.2, -0.15) is 13.2 Å². The summed E-state index contributed by atoms with van der Waals surface area (Å²) in [6, 6.07) is 3.10. The van der Waals surface area contributed by atoms with Crippen LogP contribution in [0.25, 0.3) is 6.08 Å². The summed E-state index contributed by atoms with van der Waals surface area (Å²) in [4.78, 5) is 52.8. The fourth-order valence-electron chi connectivity index (χ4n) is 3.04. The summed E-state index contributed by atoms with van der Waals surface area (Å²) in [6.45, 7) is 2.25. The number of aryl methyl sites for hydroxylation is 2. The molecule has 0 fully saturated rings. The van der Waals surface area contributed by atoms with Crippen LogP contribution in [0, 0.1) is 34.1 Å². The maximum Gasteiger partial charge on any atom is 0.511 e. The molecule has 17 heteroatoms. The highest BCUT2D eigenvalue weighted by Crippen LogP contribution is 2.39. The van der Waals surface area contributed by atoms with Gasteiger partial charge in [0.05, 0.1) is 5.57 Å². The zero-order valence-corrected chi connectivity index (χ0v) is 18.8. The number of nitrogens with zero attached hydrogens (tertiary/aromatic N) is 2. The summed E-state index contributed by atoms with van der Waals surface area (Å²) in [6.07, 6.45) is -11.9. The average Bonchev–Trinajstić information content (AvgIpc) is 2.73. The molecule has 0 aromatic heterocycles. The Labute approximate surface area is 199 Å². The van der Waals surface area contributed by atoms with Gasteiger partial charge < -0.3 is 28.6 Å². The summed E-state index contributed by atoms with van der Waals surface area (Å²) in [5, 5.41) is 18.0. The van der Waals surface area contributed by atoms with Crippen LogP contribution in [0.4, 0.5) is 18.0 Å². The number of carbonyl (C=O) groups is 2. The van der Waals surface area contributed by atoms with E-state index in [0.717, 1.165) is 13.0 Å². The minimum Gasteiger partial charge on any atom is -0.475 e. The second kappa shape index (κ2) is 11.4. The van der Waals surface area contributed by atoms with Gasteiger partial charge in [0, 0.05) is 12.5 Å². The number of carbonyl (C=O) groups excluding carboxylic acids is 2. The predicted molar refractivity (Wildman–Crippen MR) is 107 cm³/mol. The van der Waals surface area contributed by atoms with E-state index in [9.17, 15) is 43.0 Å². The number of rotatable bonds is 10. The highest BCUT2D eigenvalue weighted by atomic mass is 19.4. The molecule has 1 aromatic carbocycles. The van der Waals surface area contributed by atoms with Crippen molar-refractivity contribution in [3.05, 3.63) is 54.6 Å². The number of alkyl halides is 3. The maximum absolute atomic E-state index is 13.6. The van der Waals surface area contributed by atoms with E-state index in [-0.39, 0.29) is 11.3 Å². The summed E-state index contributed by atoms with van der Waals surface area (Å²) >= 11 is 0. The predicted octanol–water partition coefficient (Wildman–Crippen LogP) is 2.84. The van der Waals surface area contributed by atoms with Gasteiger partial charge in [-0.25, -0.2) is 9.59 Å². The number of fused-ring (bicyclic) bond motifs is 1. The van der Waals surface area contributed by atoms with E-state index < -0.39 is 65.8 Å². The van der Waals surface area contributed by atoms with Crippen molar-refractivity contribution >= 4 is 18.2 Å². The first kappa shape index (κ1) is 27.9. The minimum absolute atomic E-state index is 0.0627. The lowest BCUT2D eigenvalue weighted by Crippen LogP contribution is -2.41. The largest absolute Gasteiger partial charge is 0.511 e. The highest BCUT2D eigenvalue weighted by Gasteiger charge is 2.49. The first-order valence-corrected chi connectivity index (χ1v) is 9.86. The Morgan fingerprint density at radius 1 is 1.06 bits per heavy atom. The lowest BCUT2D eigenvalue weighted by Gasteiger charge is -2.29. The fraction of sp³-hybridized carbons (Fsp3) is 0.474. The van der Waals surface area contributed by atoms with Gasteiger partial charge in [-0.05, 0) is 31.6 Å². The van der Waals surface area contributed by atoms with Crippen LogP contribution >= 0.6 is 0 Å². The average molecular weight is 524 g/mol. The summed E-state index contributed by atoms with van der Waals surface area (Å²) in [5.74, 6) is -1.58. The molecular formula is C19H19F3N2O12. The van der Waals surface area contributed by atoms with E-state index >= 15 is 0 Å². The van der Waals surface area contributed by atoms with Crippen molar-refractivity contribution in [2.45, 2.75) is 45.4 Å². The number of esters is 1.